The molecular formula is C18H25N. The van der Waals surface area contributed by atoms with Crippen LogP contribution in [0.4, 0.5) is 0 Å². The molecule has 2 rings (SSSR count). The van der Waals surface area contributed by atoms with Crippen LogP contribution in [0, 0.1) is 22.7 Å². The fourth-order valence-electron chi connectivity index (χ4n) is 3.25. The minimum absolute atomic E-state index is 0.330. The van der Waals surface area contributed by atoms with E-state index in [0.717, 1.165) is 18.8 Å². The summed E-state index contributed by atoms with van der Waals surface area (Å²) in [5, 5.41) is 9.56. The molecule has 1 heteroatoms. The van der Waals surface area contributed by atoms with Crippen LogP contribution in [0.3, 0.4) is 0 Å². The average molecular weight is 255 g/mol. The number of hydrogen-bond donors (Lipinski definition) is 0. The van der Waals surface area contributed by atoms with E-state index in [2.05, 4.69) is 31.2 Å². The van der Waals surface area contributed by atoms with Crippen LogP contribution in [0.5, 0.6) is 0 Å². The summed E-state index contributed by atoms with van der Waals surface area (Å²) in [5.74, 6) is 0.856. The van der Waals surface area contributed by atoms with Gasteiger partial charge in [0, 0.05) is 0 Å². The van der Waals surface area contributed by atoms with Gasteiger partial charge in [-0.15, -0.1) is 0 Å². The molecule has 0 spiro atoms. The molecule has 2 aliphatic rings. The first kappa shape index (κ1) is 14.1. The molecule has 0 radical (unpaired) electrons. The van der Waals surface area contributed by atoms with E-state index in [1.54, 1.807) is 0 Å². The molecule has 0 aromatic rings. The largest absolute Gasteiger partial charge is 0.197 e. The predicted molar refractivity (Wildman–Crippen MR) is 80.5 cm³/mol. The molecule has 0 amide bonds. The Morgan fingerprint density at radius 2 is 2.26 bits per heavy atom. The summed E-state index contributed by atoms with van der Waals surface area (Å²) in [6, 6.07) is 2.55. The van der Waals surface area contributed by atoms with E-state index in [1.807, 2.05) is 12.2 Å². The predicted octanol–water partition coefficient (Wildman–Crippen LogP) is 5.32. The van der Waals surface area contributed by atoms with Gasteiger partial charge in [0.2, 0.25) is 0 Å². The normalized spacial score (nSPS) is 29.9. The fraction of sp³-hybridized carbons (Fsp3) is 0.611. The third-order valence-corrected chi connectivity index (χ3v) is 4.58. The van der Waals surface area contributed by atoms with E-state index in [9.17, 15) is 5.26 Å². The molecule has 0 aromatic heterocycles. The van der Waals surface area contributed by atoms with Crippen molar-refractivity contribution >= 4 is 0 Å². The van der Waals surface area contributed by atoms with Crippen molar-refractivity contribution in [2.45, 2.75) is 58.3 Å². The van der Waals surface area contributed by atoms with E-state index in [-0.39, 0.29) is 5.41 Å². The molecule has 0 saturated heterocycles. The Bertz CT molecular complexity index is 421. The molecule has 0 aromatic carbocycles. The van der Waals surface area contributed by atoms with E-state index < -0.39 is 0 Å². The summed E-state index contributed by atoms with van der Waals surface area (Å²) in [4.78, 5) is 0. The minimum atomic E-state index is -0.330. The summed E-state index contributed by atoms with van der Waals surface area (Å²) in [5.41, 5.74) is 1.03. The summed E-state index contributed by atoms with van der Waals surface area (Å²) in [7, 11) is 0. The Morgan fingerprint density at radius 3 is 2.84 bits per heavy atom. The lowest BCUT2D eigenvalue weighted by atomic mass is 9.70. The maximum absolute atomic E-state index is 9.56. The maximum atomic E-state index is 9.56. The zero-order valence-electron chi connectivity index (χ0n) is 12.1. The first-order valence-corrected chi connectivity index (χ1v) is 7.76. The first-order valence-electron chi connectivity index (χ1n) is 7.76. The molecular weight excluding hydrogens is 230 g/mol. The quantitative estimate of drug-likeness (QED) is 0.482. The highest BCUT2D eigenvalue weighted by Crippen LogP contribution is 2.42. The second kappa shape index (κ2) is 6.75. The molecule has 0 bridgehead atoms. The third kappa shape index (κ3) is 3.38. The van der Waals surface area contributed by atoms with Crippen LogP contribution in [0.1, 0.15) is 58.3 Å². The van der Waals surface area contributed by atoms with Crippen LogP contribution < -0.4 is 0 Å². The monoisotopic (exact) mass is 255 g/mol. The standard InChI is InChI=1S/C18H25N/c1-2-3-5-8-16-9-11-17(12-10-16)18(15-19)13-6-4-7-14-18/h4,6-7,11,13,16H,2-3,5,8-10,12,14H2,1H3. The van der Waals surface area contributed by atoms with E-state index >= 15 is 0 Å². The van der Waals surface area contributed by atoms with Crippen molar-refractivity contribution in [1.82, 2.24) is 0 Å². The van der Waals surface area contributed by atoms with Gasteiger partial charge in [-0.05, 0) is 37.2 Å². The number of rotatable bonds is 5. The molecule has 1 nitrogen and oxygen atoms in total. The van der Waals surface area contributed by atoms with Crippen LogP contribution >= 0.6 is 0 Å². The van der Waals surface area contributed by atoms with Crippen molar-refractivity contribution in [3.63, 3.8) is 0 Å². The highest BCUT2D eigenvalue weighted by molar-refractivity contribution is 5.37. The smallest absolute Gasteiger partial charge is 0.1000 e. The Hall–Kier alpha value is -1.29. The maximum Gasteiger partial charge on any atom is 0.1000 e. The molecule has 0 N–H and O–H groups in total. The van der Waals surface area contributed by atoms with Gasteiger partial charge in [0.25, 0.3) is 0 Å². The van der Waals surface area contributed by atoms with Gasteiger partial charge in [0.15, 0.2) is 0 Å². The van der Waals surface area contributed by atoms with Crippen molar-refractivity contribution in [2.75, 3.05) is 0 Å². The SMILES string of the molecule is CCCCCC1CC=C(C2(C#N)C=CC=CC2)CC1. The molecule has 0 saturated carbocycles. The number of unbranched alkanes of at least 4 members (excludes halogenated alkanes) is 2. The first-order chi connectivity index (χ1) is 9.30. The van der Waals surface area contributed by atoms with Gasteiger partial charge in [-0.3, -0.25) is 0 Å². The highest BCUT2D eigenvalue weighted by atomic mass is 14.4. The highest BCUT2D eigenvalue weighted by Gasteiger charge is 2.33. The second-order valence-corrected chi connectivity index (χ2v) is 5.94. The van der Waals surface area contributed by atoms with Crippen molar-refractivity contribution < 1.29 is 0 Å². The number of nitriles is 1. The fourth-order valence-corrected chi connectivity index (χ4v) is 3.25. The Morgan fingerprint density at radius 1 is 1.37 bits per heavy atom. The van der Waals surface area contributed by atoms with Crippen molar-refractivity contribution in [2.24, 2.45) is 11.3 Å². The number of allylic oxidation sites excluding steroid dienone is 6. The van der Waals surface area contributed by atoms with Gasteiger partial charge in [0.1, 0.15) is 0 Å². The summed E-state index contributed by atoms with van der Waals surface area (Å²) >= 11 is 0. The number of hydrogen-bond acceptors (Lipinski definition) is 1. The lowest BCUT2D eigenvalue weighted by Crippen LogP contribution is -2.22. The summed E-state index contributed by atoms with van der Waals surface area (Å²) in [6.07, 6.45) is 20.5. The van der Waals surface area contributed by atoms with E-state index in [4.69, 9.17) is 0 Å². The number of nitrogens with zero attached hydrogens (tertiary/aromatic N) is 1. The molecule has 2 atom stereocenters. The second-order valence-electron chi connectivity index (χ2n) is 5.94. The van der Waals surface area contributed by atoms with Gasteiger partial charge >= 0.3 is 0 Å². The average Bonchev–Trinajstić information content (AvgIpc) is 2.49. The minimum Gasteiger partial charge on any atom is -0.197 e. The Kier molecular flexibility index (Phi) is 5.02. The van der Waals surface area contributed by atoms with Crippen molar-refractivity contribution in [3.8, 4) is 6.07 Å². The van der Waals surface area contributed by atoms with Crippen LogP contribution in [0.15, 0.2) is 36.0 Å². The molecule has 0 heterocycles. The summed E-state index contributed by atoms with van der Waals surface area (Å²) < 4.78 is 0. The molecule has 2 aliphatic carbocycles. The molecule has 102 valence electrons. The Balaban J connectivity index is 1.95. The summed E-state index contributed by atoms with van der Waals surface area (Å²) in [6.45, 7) is 2.26. The van der Waals surface area contributed by atoms with Crippen molar-refractivity contribution in [1.29, 1.82) is 5.26 Å². The van der Waals surface area contributed by atoms with Gasteiger partial charge < -0.3 is 0 Å². The van der Waals surface area contributed by atoms with E-state index in [0.29, 0.717) is 0 Å². The zero-order chi connectivity index (χ0) is 13.6. The van der Waals surface area contributed by atoms with Crippen LogP contribution in [-0.4, -0.2) is 0 Å². The Labute approximate surface area is 117 Å². The van der Waals surface area contributed by atoms with Gasteiger partial charge in [-0.1, -0.05) is 63.0 Å². The topological polar surface area (TPSA) is 23.8 Å². The van der Waals surface area contributed by atoms with Gasteiger partial charge in [0.05, 0.1) is 11.5 Å². The van der Waals surface area contributed by atoms with Crippen LogP contribution in [-0.2, 0) is 0 Å². The lowest BCUT2D eigenvalue weighted by Gasteiger charge is -2.31. The lowest BCUT2D eigenvalue weighted by molar-refractivity contribution is 0.396. The zero-order valence-corrected chi connectivity index (χ0v) is 12.1. The van der Waals surface area contributed by atoms with Crippen molar-refractivity contribution in [3.05, 3.63) is 36.0 Å². The molecule has 0 aliphatic heterocycles. The van der Waals surface area contributed by atoms with Gasteiger partial charge in [-0.2, -0.15) is 5.26 Å². The van der Waals surface area contributed by atoms with Crippen LogP contribution in [0.2, 0.25) is 0 Å². The molecule has 0 fully saturated rings. The third-order valence-electron chi connectivity index (χ3n) is 4.58. The van der Waals surface area contributed by atoms with E-state index in [1.165, 1.54) is 44.1 Å². The molecule has 19 heavy (non-hydrogen) atoms. The van der Waals surface area contributed by atoms with Gasteiger partial charge in [-0.25, -0.2) is 0 Å². The van der Waals surface area contributed by atoms with Crippen LogP contribution in [0.25, 0.3) is 0 Å². The molecule has 2 unspecified atom stereocenters.